The summed E-state index contributed by atoms with van der Waals surface area (Å²) in [7, 11) is 1.64. The molecule has 25 heavy (non-hydrogen) atoms. The molecule has 0 atom stereocenters. The SMILES string of the molecule is COc1ccc(Nc2ncc3c(n2)N(C2CCCC2)C(=O)NC3)cc1. The molecule has 0 radical (unpaired) electrons. The van der Waals surface area contributed by atoms with Crippen molar-refractivity contribution in [2.75, 3.05) is 17.3 Å². The minimum Gasteiger partial charge on any atom is -0.497 e. The molecule has 1 aliphatic heterocycles. The van der Waals surface area contributed by atoms with Crippen molar-refractivity contribution < 1.29 is 9.53 Å². The Morgan fingerprint density at radius 1 is 1.24 bits per heavy atom. The van der Waals surface area contributed by atoms with Gasteiger partial charge in [0.2, 0.25) is 5.95 Å². The number of urea groups is 1. The second-order valence-corrected chi connectivity index (χ2v) is 6.36. The zero-order chi connectivity index (χ0) is 17.2. The van der Waals surface area contributed by atoms with Crippen molar-refractivity contribution >= 4 is 23.5 Å². The van der Waals surface area contributed by atoms with Crippen LogP contribution in [0, 0.1) is 0 Å². The van der Waals surface area contributed by atoms with Crippen LogP contribution in [-0.4, -0.2) is 29.2 Å². The molecule has 2 amide bonds. The lowest BCUT2D eigenvalue weighted by Crippen LogP contribution is -2.49. The summed E-state index contributed by atoms with van der Waals surface area (Å²) < 4.78 is 5.17. The van der Waals surface area contributed by atoms with Gasteiger partial charge in [-0.05, 0) is 37.1 Å². The average Bonchev–Trinajstić information content (AvgIpc) is 3.16. The number of methoxy groups -OCH3 is 1. The van der Waals surface area contributed by atoms with Gasteiger partial charge in [-0.15, -0.1) is 0 Å². The third-order valence-electron chi connectivity index (χ3n) is 4.75. The summed E-state index contributed by atoms with van der Waals surface area (Å²) in [5.74, 6) is 2.00. The van der Waals surface area contributed by atoms with Crippen molar-refractivity contribution in [1.82, 2.24) is 15.3 Å². The summed E-state index contributed by atoms with van der Waals surface area (Å²) >= 11 is 0. The van der Waals surface area contributed by atoms with Crippen LogP contribution < -0.4 is 20.3 Å². The zero-order valence-corrected chi connectivity index (χ0v) is 14.2. The first-order valence-corrected chi connectivity index (χ1v) is 8.58. The summed E-state index contributed by atoms with van der Waals surface area (Å²) in [6.07, 6.45) is 6.16. The number of carbonyl (C=O) groups excluding carboxylic acids is 1. The monoisotopic (exact) mass is 339 g/mol. The molecule has 2 heterocycles. The highest BCUT2D eigenvalue weighted by molar-refractivity contribution is 5.94. The van der Waals surface area contributed by atoms with Gasteiger partial charge in [0.15, 0.2) is 0 Å². The first-order valence-electron chi connectivity index (χ1n) is 8.58. The molecule has 4 rings (SSSR count). The number of ether oxygens (including phenoxy) is 1. The molecule has 1 aliphatic carbocycles. The minimum absolute atomic E-state index is 0.0616. The molecule has 1 saturated carbocycles. The van der Waals surface area contributed by atoms with E-state index in [-0.39, 0.29) is 12.1 Å². The molecular weight excluding hydrogens is 318 g/mol. The van der Waals surface area contributed by atoms with Gasteiger partial charge in [0.05, 0.1) is 7.11 Å². The van der Waals surface area contributed by atoms with Gasteiger partial charge in [-0.2, -0.15) is 4.98 Å². The van der Waals surface area contributed by atoms with Gasteiger partial charge in [0, 0.05) is 30.0 Å². The Hall–Kier alpha value is -2.83. The van der Waals surface area contributed by atoms with E-state index in [4.69, 9.17) is 4.74 Å². The van der Waals surface area contributed by atoms with Crippen molar-refractivity contribution in [3.63, 3.8) is 0 Å². The van der Waals surface area contributed by atoms with E-state index in [2.05, 4.69) is 20.6 Å². The van der Waals surface area contributed by atoms with Crippen LogP contribution in [0.15, 0.2) is 30.5 Å². The number of benzene rings is 1. The maximum atomic E-state index is 12.4. The lowest BCUT2D eigenvalue weighted by molar-refractivity contribution is 0.241. The molecule has 0 spiro atoms. The van der Waals surface area contributed by atoms with E-state index in [1.807, 2.05) is 29.2 Å². The van der Waals surface area contributed by atoms with E-state index in [0.717, 1.165) is 48.5 Å². The summed E-state index contributed by atoms with van der Waals surface area (Å²) in [4.78, 5) is 23.2. The van der Waals surface area contributed by atoms with Crippen LogP contribution in [0.5, 0.6) is 5.75 Å². The van der Waals surface area contributed by atoms with Crippen LogP contribution in [0.4, 0.5) is 22.2 Å². The number of nitrogens with one attached hydrogen (secondary N) is 2. The van der Waals surface area contributed by atoms with Crippen LogP contribution in [0.25, 0.3) is 0 Å². The van der Waals surface area contributed by atoms with E-state index in [1.54, 1.807) is 13.3 Å². The fourth-order valence-corrected chi connectivity index (χ4v) is 3.45. The Morgan fingerprint density at radius 3 is 2.72 bits per heavy atom. The van der Waals surface area contributed by atoms with E-state index in [1.165, 1.54) is 0 Å². The fraction of sp³-hybridized carbons (Fsp3) is 0.389. The van der Waals surface area contributed by atoms with E-state index < -0.39 is 0 Å². The molecule has 2 N–H and O–H groups in total. The Bertz CT molecular complexity index is 772. The first kappa shape index (κ1) is 15.7. The molecule has 7 nitrogen and oxygen atoms in total. The molecule has 0 bridgehead atoms. The van der Waals surface area contributed by atoms with Crippen molar-refractivity contribution in [3.8, 4) is 5.75 Å². The Morgan fingerprint density at radius 2 is 2.00 bits per heavy atom. The lowest BCUT2D eigenvalue weighted by Gasteiger charge is -2.33. The van der Waals surface area contributed by atoms with Gasteiger partial charge in [-0.25, -0.2) is 9.78 Å². The molecule has 2 aromatic rings. The number of nitrogens with zero attached hydrogens (tertiary/aromatic N) is 3. The van der Waals surface area contributed by atoms with Crippen LogP contribution in [0.3, 0.4) is 0 Å². The van der Waals surface area contributed by atoms with Crippen LogP contribution in [-0.2, 0) is 6.54 Å². The molecule has 130 valence electrons. The lowest BCUT2D eigenvalue weighted by atomic mass is 10.1. The molecule has 1 aromatic carbocycles. The smallest absolute Gasteiger partial charge is 0.323 e. The van der Waals surface area contributed by atoms with Crippen LogP contribution in [0.1, 0.15) is 31.2 Å². The number of anilines is 3. The number of rotatable bonds is 4. The summed E-state index contributed by atoms with van der Waals surface area (Å²) in [5, 5.41) is 6.11. The number of fused-ring (bicyclic) bond motifs is 1. The number of hydrogen-bond acceptors (Lipinski definition) is 5. The van der Waals surface area contributed by atoms with Gasteiger partial charge in [0.1, 0.15) is 11.6 Å². The predicted molar refractivity (Wildman–Crippen MR) is 95.3 cm³/mol. The minimum atomic E-state index is -0.0616. The topological polar surface area (TPSA) is 79.4 Å². The average molecular weight is 339 g/mol. The van der Waals surface area contributed by atoms with E-state index >= 15 is 0 Å². The number of amides is 2. The van der Waals surface area contributed by atoms with E-state index in [0.29, 0.717) is 12.5 Å². The van der Waals surface area contributed by atoms with Gasteiger partial charge >= 0.3 is 6.03 Å². The van der Waals surface area contributed by atoms with Gasteiger partial charge in [-0.1, -0.05) is 12.8 Å². The predicted octanol–water partition coefficient (Wildman–Crippen LogP) is 3.20. The van der Waals surface area contributed by atoms with E-state index in [9.17, 15) is 4.79 Å². The van der Waals surface area contributed by atoms with Crippen molar-refractivity contribution in [2.45, 2.75) is 38.3 Å². The van der Waals surface area contributed by atoms with Crippen molar-refractivity contribution in [3.05, 3.63) is 36.0 Å². The highest BCUT2D eigenvalue weighted by Gasteiger charge is 2.33. The standard InChI is InChI=1S/C18H21N5O2/c1-25-15-8-6-13(7-9-15)21-17-19-10-12-11-20-18(24)23(16(12)22-17)14-4-2-3-5-14/h6-10,14H,2-5,11H2,1H3,(H,20,24)(H,19,21,22). The Balaban J connectivity index is 1.61. The highest BCUT2D eigenvalue weighted by atomic mass is 16.5. The van der Waals surface area contributed by atoms with Crippen molar-refractivity contribution in [2.24, 2.45) is 0 Å². The molecule has 2 aliphatic rings. The largest absolute Gasteiger partial charge is 0.497 e. The van der Waals surface area contributed by atoms with Gasteiger partial charge in [0.25, 0.3) is 0 Å². The van der Waals surface area contributed by atoms with Gasteiger partial charge < -0.3 is 15.4 Å². The maximum absolute atomic E-state index is 12.4. The maximum Gasteiger partial charge on any atom is 0.323 e. The highest BCUT2D eigenvalue weighted by Crippen LogP contribution is 2.32. The molecule has 1 fully saturated rings. The normalized spacial score (nSPS) is 17.2. The Labute approximate surface area is 146 Å². The molecule has 0 saturated heterocycles. The molecule has 0 unspecified atom stereocenters. The third kappa shape index (κ3) is 3.09. The number of aromatic nitrogens is 2. The zero-order valence-electron chi connectivity index (χ0n) is 14.2. The van der Waals surface area contributed by atoms with Crippen LogP contribution >= 0.6 is 0 Å². The second kappa shape index (κ2) is 6.58. The first-order chi connectivity index (χ1) is 12.2. The van der Waals surface area contributed by atoms with Gasteiger partial charge in [-0.3, -0.25) is 4.90 Å². The molecule has 7 heteroatoms. The second-order valence-electron chi connectivity index (χ2n) is 6.36. The summed E-state index contributed by atoms with van der Waals surface area (Å²) in [6, 6.07) is 7.72. The molecular formula is C18H21N5O2. The summed E-state index contributed by atoms with van der Waals surface area (Å²) in [5.41, 5.74) is 1.82. The summed E-state index contributed by atoms with van der Waals surface area (Å²) in [6.45, 7) is 0.472. The molecule has 1 aromatic heterocycles. The van der Waals surface area contributed by atoms with Crippen molar-refractivity contribution in [1.29, 1.82) is 0 Å². The fourth-order valence-electron chi connectivity index (χ4n) is 3.45. The third-order valence-corrected chi connectivity index (χ3v) is 4.75. The Kier molecular flexibility index (Phi) is 4.13. The number of carbonyl (C=O) groups is 1. The number of hydrogen-bond donors (Lipinski definition) is 2. The van der Waals surface area contributed by atoms with Crippen LogP contribution in [0.2, 0.25) is 0 Å². The quantitative estimate of drug-likeness (QED) is 0.894.